The minimum atomic E-state index is -0.237. The predicted molar refractivity (Wildman–Crippen MR) is 79.2 cm³/mol. The molecular formula is C15H23N3O2. The Kier molecular flexibility index (Phi) is 6.56. The van der Waals surface area contributed by atoms with E-state index < -0.39 is 0 Å². The van der Waals surface area contributed by atoms with Gasteiger partial charge in [-0.05, 0) is 19.4 Å². The molecule has 0 saturated carbocycles. The second-order valence-electron chi connectivity index (χ2n) is 5.04. The Hall–Kier alpha value is -2.04. The molecule has 0 aliphatic carbocycles. The number of carbonyl (C=O) groups is 2. The first-order valence-electron chi connectivity index (χ1n) is 6.81. The lowest BCUT2D eigenvalue weighted by atomic mass is 10.2. The number of hydrogen-bond acceptors (Lipinski definition) is 2. The summed E-state index contributed by atoms with van der Waals surface area (Å²) in [6.07, 6.45) is 0.300. The fraction of sp³-hybridized carbons (Fsp3) is 0.467. The zero-order chi connectivity index (χ0) is 15.0. The van der Waals surface area contributed by atoms with Gasteiger partial charge in [0, 0.05) is 32.6 Å². The van der Waals surface area contributed by atoms with Gasteiger partial charge < -0.3 is 15.5 Å². The van der Waals surface area contributed by atoms with Crippen LogP contribution in [0.2, 0.25) is 0 Å². The lowest BCUT2D eigenvalue weighted by molar-refractivity contribution is -0.130. The monoisotopic (exact) mass is 277 g/mol. The summed E-state index contributed by atoms with van der Waals surface area (Å²) in [6, 6.07) is 9.67. The Morgan fingerprint density at radius 2 is 1.85 bits per heavy atom. The third kappa shape index (κ3) is 6.22. The second-order valence-corrected chi connectivity index (χ2v) is 5.04. The molecule has 1 rings (SSSR count). The van der Waals surface area contributed by atoms with E-state index in [0.29, 0.717) is 19.5 Å². The van der Waals surface area contributed by atoms with Crippen molar-refractivity contribution in [1.29, 1.82) is 0 Å². The summed E-state index contributed by atoms with van der Waals surface area (Å²) in [7, 11) is 1.77. The summed E-state index contributed by atoms with van der Waals surface area (Å²) >= 11 is 0. The van der Waals surface area contributed by atoms with E-state index in [1.807, 2.05) is 44.2 Å². The van der Waals surface area contributed by atoms with Gasteiger partial charge in [0.05, 0.1) is 0 Å². The van der Waals surface area contributed by atoms with Crippen LogP contribution in [0.15, 0.2) is 30.3 Å². The van der Waals surface area contributed by atoms with Crippen LogP contribution in [-0.2, 0) is 11.3 Å². The second kappa shape index (κ2) is 8.19. The molecule has 0 aromatic heterocycles. The molecule has 0 radical (unpaired) electrons. The van der Waals surface area contributed by atoms with Gasteiger partial charge in [-0.25, -0.2) is 4.79 Å². The van der Waals surface area contributed by atoms with E-state index >= 15 is 0 Å². The van der Waals surface area contributed by atoms with Gasteiger partial charge in [0.25, 0.3) is 0 Å². The molecule has 0 saturated heterocycles. The van der Waals surface area contributed by atoms with Crippen molar-refractivity contribution in [2.45, 2.75) is 32.9 Å². The van der Waals surface area contributed by atoms with Crippen LogP contribution in [0.5, 0.6) is 0 Å². The third-order valence-electron chi connectivity index (χ3n) is 2.73. The van der Waals surface area contributed by atoms with Gasteiger partial charge in [0.15, 0.2) is 0 Å². The highest BCUT2D eigenvalue weighted by atomic mass is 16.2. The van der Waals surface area contributed by atoms with Crippen molar-refractivity contribution >= 4 is 11.9 Å². The molecule has 0 heterocycles. The molecular weight excluding hydrogens is 254 g/mol. The number of rotatable bonds is 6. The average Bonchev–Trinajstić information content (AvgIpc) is 2.38. The maximum atomic E-state index is 11.9. The van der Waals surface area contributed by atoms with Crippen molar-refractivity contribution in [3.05, 3.63) is 35.9 Å². The molecule has 0 aliphatic heterocycles. The molecule has 2 N–H and O–H groups in total. The lowest BCUT2D eigenvalue weighted by Crippen LogP contribution is -2.41. The van der Waals surface area contributed by atoms with Crippen LogP contribution >= 0.6 is 0 Å². The number of nitrogens with one attached hydrogen (secondary N) is 2. The fourth-order valence-corrected chi connectivity index (χ4v) is 1.73. The van der Waals surface area contributed by atoms with Gasteiger partial charge in [0.1, 0.15) is 0 Å². The minimum absolute atomic E-state index is 0.0127. The van der Waals surface area contributed by atoms with Gasteiger partial charge in [0.2, 0.25) is 5.91 Å². The Labute approximate surface area is 120 Å². The first-order chi connectivity index (χ1) is 9.49. The number of benzene rings is 1. The van der Waals surface area contributed by atoms with Crippen LogP contribution in [0.25, 0.3) is 0 Å². The smallest absolute Gasteiger partial charge is 0.315 e. The molecule has 5 nitrogen and oxygen atoms in total. The van der Waals surface area contributed by atoms with Crippen molar-refractivity contribution in [2.75, 3.05) is 13.6 Å². The van der Waals surface area contributed by atoms with Crippen molar-refractivity contribution in [3.63, 3.8) is 0 Å². The molecule has 0 fully saturated rings. The number of amides is 3. The first-order valence-corrected chi connectivity index (χ1v) is 6.81. The summed E-state index contributed by atoms with van der Waals surface area (Å²) < 4.78 is 0. The molecule has 0 spiro atoms. The van der Waals surface area contributed by atoms with Crippen molar-refractivity contribution in [1.82, 2.24) is 15.5 Å². The SMILES string of the molecule is CC(C)NC(=O)NCCC(=O)N(C)Cc1ccccc1. The molecule has 1 aromatic rings. The number of urea groups is 1. The number of carbonyl (C=O) groups excluding carboxylic acids is 2. The van der Waals surface area contributed by atoms with Crippen molar-refractivity contribution < 1.29 is 9.59 Å². The first kappa shape index (κ1) is 16.0. The van der Waals surface area contributed by atoms with E-state index in [4.69, 9.17) is 0 Å². The molecule has 0 aliphatic rings. The summed E-state index contributed by atoms with van der Waals surface area (Å²) in [5, 5.41) is 5.38. The van der Waals surface area contributed by atoms with Crippen molar-refractivity contribution in [3.8, 4) is 0 Å². The Bertz CT molecular complexity index is 432. The summed E-state index contributed by atoms with van der Waals surface area (Å²) in [5.74, 6) is 0.0127. The van der Waals surface area contributed by atoms with E-state index in [2.05, 4.69) is 10.6 Å². The highest BCUT2D eigenvalue weighted by Crippen LogP contribution is 2.03. The van der Waals surface area contributed by atoms with E-state index in [-0.39, 0.29) is 18.0 Å². The van der Waals surface area contributed by atoms with E-state index in [9.17, 15) is 9.59 Å². The zero-order valence-electron chi connectivity index (χ0n) is 12.3. The normalized spacial score (nSPS) is 10.2. The van der Waals surface area contributed by atoms with E-state index in [0.717, 1.165) is 5.56 Å². The van der Waals surface area contributed by atoms with Gasteiger partial charge >= 0.3 is 6.03 Å². The minimum Gasteiger partial charge on any atom is -0.341 e. The standard InChI is InChI=1S/C15H23N3O2/c1-12(2)17-15(20)16-10-9-14(19)18(3)11-13-7-5-4-6-8-13/h4-8,12H,9-11H2,1-3H3,(H2,16,17,20). The zero-order valence-corrected chi connectivity index (χ0v) is 12.3. The number of hydrogen-bond donors (Lipinski definition) is 2. The van der Waals surface area contributed by atoms with Gasteiger partial charge in [-0.15, -0.1) is 0 Å². The third-order valence-corrected chi connectivity index (χ3v) is 2.73. The van der Waals surface area contributed by atoms with Gasteiger partial charge in [-0.3, -0.25) is 4.79 Å². The summed E-state index contributed by atoms with van der Waals surface area (Å²) in [6.45, 7) is 4.70. The van der Waals surface area contributed by atoms with Gasteiger partial charge in [-0.1, -0.05) is 30.3 Å². The predicted octanol–water partition coefficient (Wildman–Crippen LogP) is 1.74. The van der Waals surface area contributed by atoms with E-state index in [1.165, 1.54) is 0 Å². The van der Waals surface area contributed by atoms with Crippen LogP contribution in [-0.4, -0.2) is 36.5 Å². The Morgan fingerprint density at radius 1 is 1.20 bits per heavy atom. The molecule has 0 atom stereocenters. The maximum Gasteiger partial charge on any atom is 0.315 e. The molecule has 5 heteroatoms. The Balaban J connectivity index is 2.27. The molecule has 0 unspecified atom stereocenters. The molecule has 110 valence electrons. The number of nitrogens with zero attached hydrogens (tertiary/aromatic N) is 1. The van der Waals surface area contributed by atoms with Gasteiger partial charge in [-0.2, -0.15) is 0 Å². The summed E-state index contributed by atoms with van der Waals surface area (Å²) in [5.41, 5.74) is 1.09. The molecule has 1 aromatic carbocycles. The van der Waals surface area contributed by atoms with Crippen LogP contribution in [0.3, 0.4) is 0 Å². The highest BCUT2D eigenvalue weighted by molar-refractivity contribution is 5.78. The average molecular weight is 277 g/mol. The molecule has 3 amide bonds. The van der Waals surface area contributed by atoms with Crippen LogP contribution in [0, 0.1) is 0 Å². The highest BCUT2D eigenvalue weighted by Gasteiger charge is 2.09. The molecule has 20 heavy (non-hydrogen) atoms. The lowest BCUT2D eigenvalue weighted by Gasteiger charge is -2.17. The largest absolute Gasteiger partial charge is 0.341 e. The topological polar surface area (TPSA) is 61.4 Å². The van der Waals surface area contributed by atoms with Crippen molar-refractivity contribution in [2.24, 2.45) is 0 Å². The maximum absolute atomic E-state index is 11.9. The quantitative estimate of drug-likeness (QED) is 0.832. The van der Waals surface area contributed by atoms with Crippen LogP contribution < -0.4 is 10.6 Å². The van der Waals surface area contributed by atoms with E-state index in [1.54, 1.807) is 11.9 Å². The molecule has 0 bridgehead atoms. The van der Waals surface area contributed by atoms with Crippen LogP contribution in [0.1, 0.15) is 25.8 Å². The fourth-order valence-electron chi connectivity index (χ4n) is 1.73. The summed E-state index contributed by atoms with van der Waals surface area (Å²) in [4.78, 5) is 24.9. The Morgan fingerprint density at radius 3 is 2.45 bits per heavy atom. The van der Waals surface area contributed by atoms with Crippen LogP contribution in [0.4, 0.5) is 4.79 Å².